The monoisotopic (exact) mass is 397 g/mol. The van der Waals surface area contributed by atoms with E-state index in [9.17, 15) is 4.79 Å². The van der Waals surface area contributed by atoms with E-state index in [0.717, 1.165) is 44.2 Å². The summed E-state index contributed by atoms with van der Waals surface area (Å²) in [5, 5.41) is 2.97. The molecule has 0 saturated carbocycles. The minimum absolute atomic E-state index is 0.132. The lowest BCUT2D eigenvalue weighted by Crippen LogP contribution is -2.50. The van der Waals surface area contributed by atoms with E-state index < -0.39 is 6.10 Å². The SMILES string of the molecule is COc1ccccc1N1CCN(CCNC(=O)C2COc3ccccc3O2)CC1. The summed E-state index contributed by atoms with van der Waals surface area (Å²) in [5.74, 6) is 2.08. The molecule has 0 bridgehead atoms. The van der Waals surface area contributed by atoms with E-state index in [1.165, 1.54) is 0 Å². The van der Waals surface area contributed by atoms with Crippen LogP contribution in [0.25, 0.3) is 0 Å². The zero-order valence-electron chi connectivity index (χ0n) is 16.7. The van der Waals surface area contributed by atoms with Gasteiger partial charge in [-0.05, 0) is 24.3 Å². The van der Waals surface area contributed by atoms with Gasteiger partial charge in [0.25, 0.3) is 5.91 Å². The van der Waals surface area contributed by atoms with E-state index in [2.05, 4.69) is 21.2 Å². The Morgan fingerprint density at radius 3 is 2.59 bits per heavy atom. The van der Waals surface area contributed by atoms with Crippen LogP contribution in [0.5, 0.6) is 17.2 Å². The summed E-state index contributed by atoms with van der Waals surface area (Å²) in [6, 6.07) is 15.5. The Morgan fingerprint density at radius 1 is 1.07 bits per heavy atom. The van der Waals surface area contributed by atoms with E-state index in [1.54, 1.807) is 7.11 Å². The number of hydrogen-bond acceptors (Lipinski definition) is 6. The molecule has 1 atom stereocenters. The summed E-state index contributed by atoms with van der Waals surface area (Å²) in [6.07, 6.45) is -0.604. The number of fused-ring (bicyclic) bond motifs is 1. The van der Waals surface area contributed by atoms with Gasteiger partial charge in [-0.1, -0.05) is 24.3 Å². The quantitative estimate of drug-likeness (QED) is 0.802. The van der Waals surface area contributed by atoms with Crippen LogP contribution in [0.1, 0.15) is 0 Å². The van der Waals surface area contributed by atoms with Gasteiger partial charge in [0.1, 0.15) is 12.4 Å². The zero-order valence-corrected chi connectivity index (χ0v) is 16.7. The van der Waals surface area contributed by atoms with Gasteiger partial charge in [0, 0.05) is 39.3 Å². The van der Waals surface area contributed by atoms with Crippen molar-refractivity contribution in [2.75, 3.05) is 57.9 Å². The second-order valence-corrected chi connectivity index (χ2v) is 7.16. The normalized spacial score (nSPS) is 18.9. The first-order valence-electron chi connectivity index (χ1n) is 10.0. The second-order valence-electron chi connectivity index (χ2n) is 7.16. The van der Waals surface area contributed by atoms with Crippen LogP contribution < -0.4 is 24.4 Å². The van der Waals surface area contributed by atoms with Gasteiger partial charge in [-0.3, -0.25) is 9.69 Å². The molecule has 1 fully saturated rings. The summed E-state index contributed by atoms with van der Waals surface area (Å²) in [5.41, 5.74) is 1.14. The highest BCUT2D eigenvalue weighted by molar-refractivity contribution is 5.81. The molecule has 29 heavy (non-hydrogen) atoms. The van der Waals surface area contributed by atoms with Crippen LogP contribution in [-0.2, 0) is 4.79 Å². The molecule has 2 aliphatic heterocycles. The van der Waals surface area contributed by atoms with Crippen LogP contribution >= 0.6 is 0 Å². The van der Waals surface area contributed by atoms with Crippen LogP contribution in [0.2, 0.25) is 0 Å². The van der Waals surface area contributed by atoms with Gasteiger partial charge in [0.05, 0.1) is 12.8 Å². The first kappa shape index (κ1) is 19.4. The summed E-state index contributed by atoms with van der Waals surface area (Å²) in [6.45, 7) is 5.41. The molecule has 2 heterocycles. The number of methoxy groups -OCH3 is 1. The van der Waals surface area contributed by atoms with Crippen LogP contribution in [0.15, 0.2) is 48.5 Å². The van der Waals surface area contributed by atoms with Crippen molar-refractivity contribution in [3.63, 3.8) is 0 Å². The third-order valence-corrected chi connectivity index (χ3v) is 5.33. The molecule has 0 radical (unpaired) electrons. The Balaban J connectivity index is 1.20. The molecular weight excluding hydrogens is 370 g/mol. The van der Waals surface area contributed by atoms with Crippen molar-refractivity contribution in [1.82, 2.24) is 10.2 Å². The van der Waals surface area contributed by atoms with Crippen LogP contribution in [0, 0.1) is 0 Å². The Kier molecular flexibility index (Phi) is 6.05. The van der Waals surface area contributed by atoms with Crippen molar-refractivity contribution in [3.05, 3.63) is 48.5 Å². The Morgan fingerprint density at radius 2 is 1.79 bits per heavy atom. The second kappa shape index (κ2) is 9.05. The Bertz CT molecular complexity index is 836. The van der Waals surface area contributed by atoms with Gasteiger partial charge in [0.15, 0.2) is 11.5 Å². The molecule has 1 unspecified atom stereocenters. The molecule has 1 amide bonds. The summed E-state index contributed by atoms with van der Waals surface area (Å²) in [4.78, 5) is 17.1. The number of para-hydroxylation sites is 4. The van der Waals surface area contributed by atoms with Gasteiger partial charge >= 0.3 is 0 Å². The van der Waals surface area contributed by atoms with E-state index >= 15 is 0 Å². The smallest absolute Gasteiger partial charge is 0.264 e. The van der Waals surface area contributed by atoms with Crippen LogP contribution in [-0.4, -0.2) is 69.9 Å². The molecular formula is C22H27N3O4. The summed E-state index contributed by atoms with van der Waals surface area (Å²) >= 11 is 0. The maximum atomic E-state index is 12.4. The highest BCUT2D eigenvalue weighted by Gasteiger charge is 2.27. The van der Waals surface area contributed by atoms with Crippen molar-refractivity contribution < 1.29 is 19.0 Å². The fourth-order valence-corrected chi connectivity index (χ4v) is 3.70. The lowest BCUT2D eigenvalue weighted by molar-refractivity contribution is -0.130. The van der Waals surface area contributed by atoms with E-state index in [1.807, 2.05) is 42.5 Å². The maximum absolute atomic E-state index is 12.4. The van der Waals surface area contributed by atoms with Crippen molar-refractivity contribution in [3.8, 4) is 17.2 Å². The predicted molar refractivity (Wildman–Crippen MR) is 111 cm³/mol. The number of nitrogens with zero attached hydrogens (tertiary/aromatic N) is 2. The lowest BCUT2D eigenvalue weighted by atomic mass is 10.2. The minimum Gasteiger partial charge on any atom is -0.495 e. The van der Waals surface area contributed by atoms with Crippen molar-refractivity contribution in [2.24, 2.45) is 0 Å². The molecule has 2 aromatic rings. The topological polar surface area (TPSA) is 63.3 Å². The molecule has 7 heteroatoms. The molecule has 1 saturated heterocycles. The molecule has 0 aromatic heterocycles. The first-order valence-corrected chi connectivity index (χ1v) is 10.0. The fraction of sp³-hybridized carbons (Fsp3) is 0.409. The standard InChI is InChI=1S/C22H27N3O4/c1-27-18-7-3-2-6-17(18)25-14-12-24(13-15-25)11-10-23-22(26)21-16-28-19-8-4-5-9-20(19)29-21/h2-9,21H,10-16H2,1H3,(H,23,26). The lowest BCUT2D eigenvalue weighted by Gasteiger charge is -2.36. The van der Waals surface area contributed by atoms with Gasteiger partial charge in [-0.15, -0.1) is 0 Å². The molecule has 4 rings (SSSR count). The number of ether oxygens (including phenoxy) is 3. The number of carbonyl (C=O) groups excluding carboxylic acids is 1. The van der Waals surface area contributed by atoms with Crippen molar-refractivity contribution in [2.45, 2.75) is 6.10 Å². The van der Waals surface area contributed by atoms with Crippen LogP contribution in [0.3, 0.4) is 0 Å². The number of amides is 1. The van der Waals surface area contributed by atoms with Crippen LogP contribution in [0.4, 0.5) is 5.69 Å². The molecule has 1 N–H and O–H groups in total. The third kappa shape index (κ3) is 4.56. The van der Waals surface area contributed by atoms with E-state index in [0.29, 0.717) is 18.0 Å². The molecule has 0 spiro atoms. The van der Waals surface area contributed by atoms with E-state index in [-0.39, 0.29) is 12.5 Å². The number of benzene rings is 2. The predicted octanol–water partition coefficient (Wildman–Crippen LogP) is 1.77. The number of piperazine rings is 1. The maximum Gasteiger partial charge on any atom is 0.264 e. The first-order chi connectivity index (χ1) is 14.2. The average molecular weight is 397 g/mol. The zero-order chi connectivity index (χ0) is 20.1. The molecule has 2 aliphatic rings. The molecule has 7 nitrogen and oxygen atoms in total. The van der Waals surface area contributed by atoms with Gasteiger partial charge in [-0.25, -0.2) is 0 Å². The number of carbonyl (C=O) groups is 1. The molecule has 154 valence electrons. The number of anilines is 1. The fourth-order valence-electron chi connectivity index (χ4n) is 3.70. The Labute approximate surface area is 171 Å². The molecule has 0 aliphatic carbocycles. The highest BCUT2D eigenvalue weighted by atomic mass is 16.6. The largest absolute Gasteiger partial charge is 0.495 e. The van der Waals surface area contributed by atoms with Crippen molar-refractivity contribution in [1.29, 1.82) is 0 Å². The minimum atomic E-state index is -0.604. The highest BCUT2D eigenvalue weighted by Crippen LogP contribution is 2.31. The Hall–Kier alpha value is -2.93. The van der Waals surface area contributed by atoms with Gasteiger partial charge < -0.3 is 24.4 Å². The van der Waals surface area contributed by atoms with E-state index in [4.69, 9.17) is 14.2 Å². The van der Waals surface area contributed by atoms with Gasteiger partial charge in [0.2, 0.25) is 6.10 Å². The van der Waals surface area contributed by atoms with Gasteiger partial charge in [-0.2, -0.15) is 0 Å². The number of rotatable bonds is 6. The summed E-state index contributed by atoms with van der Waals surface area (Å²) in [7, 11) is 1.71. The molecule has 2 aromatic carbocycles. The number of hydrogen-bond donors (Lipinski definition) is 1. The number of nitrogens with one attached hydrogen (secondary N) is 1. The summed E-state index contributed by atoms with van der Waals surface area (Å²) < 4.78 is 16.8. The third-order valence-electron chi connectivity index (χ3n) is 5.33. The average Bonchev–Trinajstić information content (AvgIpc) is 2.79. The van der Waals surface area contributed by atoms with Crippen molar-refractivity contribution >= 4 is 11.6 Å².